The SMILES string of the molecule is CCCOCCS(=O)(=O)c1cc(C(=O)O)ccc1F. The smallest absolute Gasteiger partial charge is 0.335 e. The van der Waals surface area contributed by atoms with E-state index in [1.807, 2.05) is 6.92 Å². The normalized spacial score (nSPS) is 11.5. The van der Waals surface area contributed by atoms with E-state index in [1.54, 1.807) is 0 Å². The summed E-state index contributed by atoms with van der Waals surface area (Å²) in [4.78, 5) is 10.1. The van der Waals surface area contributed by atoms with E-state index < -0.39 is 26.5 Å². The van der Waals surface area contributed by atoms with Crippen molar-refractivity contribution in [1.29, 1.82) is 0 Å². The largest absolute Gasteiger partial charge is 0.478 e. The van der Waals surface area contributed by atoms with Gasteiger partial charge in [-0.1, -0.05) is 6.92 Å². The molecule has 1 aromatic carbocycles. The van der Waals surface area contributed by atoms with Gasteiger partial charge in [-0.15, -0.1) is 0 Å². The first-order valence-electron chi connectivity index (χ1n) is 5.72. The van der Waals surface area contributed by atoms with E-state index in [0.29, 0.717) is 6.61 Å². The van der Waals surface area contributed by atoms with Crippen LogP contribution in [0.2, 0.25) is 0 Å². The van der Waals surface area contributed by atoms with Crippen LogP contribution < -0.4 is 0 Å². The van der Waals surface area contributed by atoms with Crippen LogP contribution in [0.4, 0.5) is 4.39 Å². The van der Waals surface area contributed by atoms with Gasteiger partial charge in [0.05, 0.1) is 17.9 Å². The van der Waals surface area contributed by atoms with Crippen molar-refractivity contribution in [2.45, 2.75) is 18.2 Å². The van der Waals surface area contributed by atoms with Gasteiger partial charge in [-0.05, 0) is 24.6 Å². The number of hydrogen-bond acceptors (Lipinski definition) is 4. The zero-order chi connectivity index (χ0) is 14.5. The molecule has 0 aliphatic rings. The van der Waals surface area contributed by atoms with Crippen molar-refractivity contribution >= 4 is 15.8 Å². The highest BCUT2D eigenvalue weighted by molar-refractivity contribution is 7.91. The van der Waals surface area contributed by atoms with Crippen LogP contribution in [0.1, 0.15) is 23.7 Å². The summed E-state index contributed by atoms with van der Waals surface area (Å²) in [7, 11) is -3.89. The predicted octanol–water partition coefficient (Wildman–Crippen LogP) is 1.72. The van der Waals surface area contributed by atoms with E-state index in [-0.39, 0.29) is 17.9 Å². The fourth-order valence-corrected chi connectivity index (χ4v) is 2.63. The molecule has 0 bridgehead atoms. The number of carboxylic acids is 1. The first kappa shape index (κ1) is 15.6. The minimum atomic E-state index is -3.89. The molecule has 1 rings (SSSR count). The number of ether oxygens (including phenoxy) is 1. The van der Waals surface area contributed by atoms with Crippen molar-refractivity contribution in [3.63, 3.8) is 0 Å². The molecular formula is C12H15FO5S. The second-order valence-electron chi connectivity index (χ2n) is 3.88. The first-order valence-corrected chi connectivity index (χ1v) is 7.37. The van der Waals surface area contributed by atoms with Crippen LogP contribution >= 0.6 is 0 Å². The second-order valence-corrected chi connectivity index (χ2v) is 5.96. The molecule has 0 radical (unpaired) electrons. The van der Waals surface area contributed by atoms with Gasteiger partial charge in [-0.2, -0.15) is 0 Å². The Hall–Kier alpha value is -1.47. The molecule has 0 spiro atoms. The molecule has 7 heteroatoms. The number of aromatic carboxylic acids is 1. The Kier molecular flexibility index (Phi) is 5.44. The maximum Gasteiger partial charge on any atom is 0.335 e. The third-order valence-corrected chi connectivity index (χ3v) is 4.05. The molecule has 106 valence electrons. The highest BCUT2D eigenvalue weighted by Crippen LogP contribution is 2.18. The number of sulfone groups is 1. The standard InChI is InChI=1S/C12H15FO5S/c1-2-5-18-6-7-19(16,17)11-8-9(12(14)15)3-4-10(11)13/h3-4,8H,2,5-7H2,1H3,(H,14,15). The molecular weight excluding hydrogens is 275 g/mol. The number of rotatable bonds is 7. The van der Waals surface area contributed by atoms with Crippen LogP contribution in [-0.4, -0.2) is 38.5 Å². The molecule has 19 heavy (non-hydrogen) atoms. The average Bonchev–Trinajstić information content (AvgIpc) is 2.34. The Morgan fingerprint density at radius 2 is 2.05 bits per heavy atom. The van der Waals surface area contributed by atoms with Crippen LogP contribution in [0, 0.1) is 5.82 Å². The maximum absolute atomic E-state index is 13.5. The minimum Gasteiger partial charge on any atom is -0.478 e. The van der Waals surface area contributed by atoms with Crippen LogP contribution in [-0.2, 0) is 14.6 Å². The molecule has 0 unspecified atom stereocenters. The predicted molar refractivity (Wildman–Crippen MR) is 66.5 cm³/mol. The third-order valence-electron chi connectivity index (χ3n) is 2.36. The van der Waals surface area contributed by atoms with Crippen molar-refractivity contribution in [3.8, 4) is 0 Å². The van der Waals surface area contributed by atoms with Crippen molar-refractivity contribution in [3.05, 3.63) is 29.6 Å². The third kappa shape index (κ3) is 4.29. The van der Waals surface area contributed by atoms with Gasteiger partial charge in [-0.3, -0.25) is 0 Å². The van der Waals surface area contributed by atoms with E-state index in [9.17, 15) is 17.6 Å². The topological polar surface area (TPSA) is 80.7 Å². The molecule has 0 atom stereocenters. The zero-order valence-corrected chi connectivity index (χ0v) is 11.2. The Balaban J connectivity index is 2.94. The van der Waals surface area contributed by atoms with Crippen molar-refractivity contribution in [2.24, 2.45) is 0 Å². The number of carboxylic acid groups (broad SMARTS) is 1. The molecule has 5 nitrogen and oxygen atoms in total. The van der Waals surface area contributed by atoms with E-state index in [2.05, 4.69) is 0 Å². The van der Waals surface area contributed by atoms with Gasteiger partial charge in [-0.25, -0.2) is 17.6 Å². The Morgan fingerprint density at radius 3 is 2.63 bits per heavy atom. The highest BCUT2D eigenvalue weighted by atomic mass is 32.2. The van der Waals surface area contributed by atoms with E-state index in [0.717, 1.165) is 24.6 Å². The second kappa shape index (κ2) is 6.63. The van der Waals surface area contributed by atoms with Gasteiger partial charge in [0.25, 0.3) is 0 Å². The van der Waals surface area contributed by atoms with Gasteiger partial charge in [0.15, 0.2) is 9.84 Å². The monoisotopic (exact) mass is 290 g/mol. The molecule has 0 aliphatic heterocycles. The quantitative estimate of drug-likeness (QED) is 0.773. The lowest BCUT2D eigenvalue weighted by atomic mass is 10.2. The summed E-state index contributed by atoms with van der Waals surface area (Å²) in [5, 5.41) is 8.77. The van der Waals surface area contributed by atoms with Crippen molar-refractivity contribution in [1.82, 2.24) is 0 Å². The Bertz CT molecular complexity index is 553. The van der Waals surface area contributed by atoms with Crippen molar-refractivity contribution in [2.75, 3.05) is 19.0 Å². The molecule has 1 aromatic rings. The molecule has 1 N–H and O–H groups in total. The zero-order valence-electron chi connectivity index (χ0n) is 10.4. The molecule has 0 heterocycles. The Labute approximate surface area is 110 Å². The molecule has 0 aliphatic carbocycles. The Morgan fingerprint density at radius 1 is 1.37 bits per heavy atom. The average molecular weight is 290 g/mol. The van der Waals surface area contributed by atoms with Gasteiger partial charge in [0, 0.05) is 6.61 Å². The van der Waals surface area contributed by atoms with Gasteiger partial charge in [0.2, 0.25) is 0 Å². The van der Waals surface area contributed by atoms with Crippen molar-refractivity contribution < 1.29 is 27.4 Å². The maximum atomic E-state index is 13.5. The van der Waals surface area contributed by atoms with Gasteiger partial charge in [0.1, 0.15) is 10.7 Å². The van der Waals surface area contributed by atoms with Gasteiger partial charge < -0.3 is 9.84 Å². The number of benzene rings is 1. The summed E-state index contributed by atoms with van der Waals surface area (Å²) in [5.74, 6) is -2.65. The first-order chi connectivity index (χ1) is 8.88. The molecule has 0 aromatic heterocycles. The number of halogens is 1. The fraction of sp³-hybridized carbons (Fsp3) is 0.417. The summed E-state index contributed by atoms with van der Waals surface area (Å²) in [6.07, 6.45) is 0.753. The lowest BCUT2D eigenvalue weighted by Crippen LogP contribution is -2.15. The lowest BCUT2D eigenvalue weighted by molar-refractivity contribution is 0.0696. The van der Waals surface area contributed by atoms with Crippen LogP contribution in [0.15, 0.2) is 23.1 Å². The highest BCUT2D eigenvalue weighted by Gasteiger charge is 2.21. The fourth-order valence-electron chi connectivity index (χ4n) is 1.40. The summed E-state index contributed by atoms with van der Waals surface area (Å²) in [6.45, 7) is 2.25. The number of carbonyl (C=O) groups is 1. The number of hydrogen-bond donors (Lipinski definition) is 1. The summed E-state index contributed by atoms with van der Waals surface area (Å²) in [5.41, 5.74) is -0.269. The molecule has 0 saturated carbocycles. The lowest BCUT2D eigenvalue weighted by Gasteiger charge is -2.07. The van der Waals surface area contributed by atoms with Crippen LogP contribution in [0.3, 0.4) is 0 Å². The minimum absolute atomic E-state index is 0.0487. The summed E-state index contributed by atoms with van der Waals surface area (Å²) < 4.78 is 42.3. The van der Waals surface area contributed by atoms with Crippen LogP contribution in [0.5, 0.6) is 0 Å². The molecule has 0 amide bonds. The van der Waals surface area contributed by atoms with Crippen LogP contribution in [0.25, 0.3) is 0 Å². The molecule has 0 saturated heterocycles. The van der Waals surface area contributed by atoms with Gasteiger partial charge >= 0.3 is 5.97 Å². The summed E-state index contributed by atoms with van der Waals surface area (Å²) >= 11 is 0. The van der Waals surface area contributed by atoms with E-state index >= 15 is 0 Å². The van der Waals surface area contributed by atoms with E-state index in [4.69, 9.17) is 9.84 Å². The molecule has 0 fully saturated rings. The summed E-state index contributed by atoms with van der Waals surface area (Å²) in [6, 6.07) is 2.68. The van der Waals surface area contributed by atoms with E-state index in [1.165, 1.54) is 0 Å².